The van der Waals surface area contributed by atoms with Crippen molar-refractivity contribution >= 4 is 21.6 Å². The van der Waals surface area contributed by atoms with E-state index in [9.17, 15) is 13.2 Å². The third-order valence-corrected chi connectivity index (χ3v) is 5.03. The maximum atomic E-state index is 11.9. The molecule has 1 aliphatic heterocycles. The van der Waals surface area contributed by atoms with Gasteiger partial charge in [-0.05, 0) is 30.7 Å². The third kappa shape index (κ3) is 3.17. The second-order valence-electron chi connectivity index (χ2n) is 4.86. The Labute approximate surface area is 118 Å². The summed E-state index contributed by atoms with van der Waals surface area (Å²) in [5, 5.41) is 2.76. The fourth-order valence-electron chi connectivity index (χ4n) is 1.91. The van der Waals surface area contributed by atoms with Crippen LogP contribution in [0.2, 0.25) is 0 Å². The lowest BCUT2D eigenvalue weighted by Gasteiger charge is -2.13. The zero-order valence-corrected chi connectivity index (χ0v) is 12.3. The average molecular weight is 298 g/mol. The van der Waals surface area contributed by atoms with E-state index in [-0.39, 0.29) is 16.7 Å². The molecule has 20 heavy (non-hydrogen) atoms. The van der Waals surface area contributed by atoms with Gasteiger partial charge in [-0.1, -0.05) is 0 Å². The molecule has 1 aromatic rings. The van der Waals surface area contributed by atoms with Crippen LogP contribution in [0.1, 0.15) is 6.42 Å². The molecule has 1 amide bonds. The van der Waals surface area contributed by atoms with E-state index < -0.39 is 10.0 Å². The van der Waals surface area contributed by atoms with Crippen LogP contribution in [0.4, 0.5) is 5.69 Å². The number of carbonyl (C=O) groups is 1. The molecule has 1 saturated heterocycles. The molecule has 0 radical (unpaired) electrons. The fourth-order valence-corrected chi connectivity index (χ4v) is 2.81. The van der Waals surface area contributed by atoms with E-state index in [0.29, 0.717) is 18.9 Å². The molecule has 1 aliphatic rings. The highest BCUT2D eigenvalue weighted by Crippen LogP contribution is 2.19. The third-order valence-electron chi connectivity index (χ3n) is 3.20. The highest BCUT2D eigenvalue weighted by atomic mass is 32.2. The van der Waals surface area contributed by atoms with Gasteiger partial charge < -0.3 is 10.1 Å². The highest BCUT2D eigenvalue weighted by molar-refractivity contribution is 7.89. The van der Waals surface area contributed by atoms with Crippen LogP contribution in [0.25, 0.3) is 0 Å². The van der Waals surface area contributed by atoms with Gasteiger partial charge in [-0.25, -0.2) is 12.7 Å². The van der Waals surface area contributed by atoms with Crippen molar-refractivity contribution in [1.82, 2.24) is 4.31 Å². The van der Waals surface area contributed by atoms with Crippen molar-refractivity contribution in [3.8, 4) is 0 Å². The predicted molar refractivity (Wildman–Crippen MR) is 74.9 cm³/mol. The normalized spacial score (nSPS) is 19.2. The van der Waals surface area contributed by atoms with Gasteiger partial charge in [-0.2, -0.15) is 0 Å². The second kappa shape index (κ2) is 5.90. The Bertz CT molecular complexity index is 575. The van der Waals surface area contributed by atoms with E-state index in [2.05, 4.69) is 5.32 Å². The Morgan fingerprint density at radius 3 is 2.45 bits per heavy atom. The first kappa shape index (κ1) is 15.0. The summed E-state index contributed by atoms with van der Waals surface area (Å²) in [6.45, 7) is 1.05. The van der Waals surface area contributed by atoms with Crippen LogP contribution in [0.3, 0.4) is 0 Å². The van der Waals surface area contributed by atoms with E-state index in [4.69, 9.17) is 4.74 Å². The van der Waals surface area contributed by atoms with Gasteiger partial charge in [0.25, 0.3) is 0 Å². The molecule has 2 rings (SSSR count). The van der Waals surface area contributed by atoms with Gasteiger partial charge in [0.05, 0.1) is 17.4 Å². The number of benzene rings is 1. The molecule has 1 heterocycles. The monoisotopic (exact) mass is 298 g/mol. The lowest BCUT2D eigenvalue weighted by Crippen LogP contribution is -2.23. The zero-order valence-electron chi connectivity index (χ0n) is 11.5. The van der Waals surface area contributed by atoms with E-state index >= 15 is 0 Å². The number of anilines is 1. The molecular weight excluding hydrogens is 280 g/mol. The molecule has 1 N–H and O–H groups in total. The van der Waals surface area contributed by atoms with E-state index in [1.165, 1.54) is 26.2 Å². The number of hydrogen-bond donors (Lipinski definition) is 1. The Morgan fingerprint density at radius 2 is 1.95 bits per heavy atom. The summed E-state index contributed by atoms with van der Waals surface area (Å²) in [6, 6.07) is 6.14. The summed E-state index contributed by atoms with van der Waals surface area (Å²) in [5.41, 5.74) is 0.583. The van der Waals surface area contributed by atoms with E-state index in [1.54, 1.807) is 12.1 Å². The van der Waals surface area contributed by atoms with Crippen LogP contribution in [-0.4, -0.2) is 45.9 Å². The molecule has 0 aromatic heterocycles. The number of nitrogens with zero attached hydrogens (tertiary/aromatic N) is 1. The van der Waals surface area contributed by atoms with Crippen molar-refractivity contribution in [2.75, 3.05) is 32.6 Å². The minimum atomic E-state index is -3.44. The minimum Gasteiger partial charge on any atom is -0.381 e. The van der Waals surface area contributed by atoms with E-state index in [1.807, 2.05) is 0 Å². The van der Waals surface area contributed by atoms with Gasteiger partial charge in [0.2, 0.25) is 15.9 Å². The van der Waals surface area contributed by atoms with Gasteiger partial charge in [0, 0.05) is 26.4 Å². The van der Waals surface area contributed by atoms with Crippen LogP contribution in [0.15, 0.2) is 29.2 Å². The van der Waals surface area contributed by atoms with Crippen molar-refractivity contribution in [3.05, 3.63) is 24.3 Å². The quantitative estimate of drug-likeness (QED) is 0.896. The summed E-state index contributed by atoms with van der Waals surface area (Å²) in [6.07, 6.45) is 0.721. The van der Waals surface area contributed by atoms with Crippen LogP contribution in [0.5, 0.6) is 0 Å². The van der Waals surface area contributed by atoms with Crippen LogP contribution in [-0.2, 0) is 19.6 Å². The van der Waals surface area contributed by atoms with Crippen molar-refractivity contribution in [3.63, 3.8) is 0 Å². The van der Waals surface area contributed by atoms with Crippen LogP contribution < -0.4 is 5.32 Å². The lowest BCUT2D eigenvalue weighted by molar-refractivity contribution is -0.119. The van der Waals surface area contributed by atoms with Gasteiger partial charge in [-0.15, -0.1) is 0 Å². The number of amides is 1. The number of sulfonamides is 1. The zero-order chi connectivity index (χ0) is 14.8. The highest BCUT2D eigenvalue weighted by Gasteiger charge is 2.23. The van der Waals surface area contributed by atoms with Crippen molar-refractivity contribution < 1.29 is 17.9 Å². The molecule has 1 atom stereocenters. The number of ether oxygens (including phenoxy) is 1. The van der Waals surface area contributed by atoms with Crippen molar-refractivity contribution in [1.29, 1.82) is 0 Å². The smallest absolute Gasteiger partial charge is 0.242 e. The summed E-state index contributed by atoms with van der Waals surface area (Å²) in [4.78, 5) is 12.1. The molecule has 1 aromatic carbocycles. The number of rotatable bonds is 4. The molecule has 0 spiro atoms. The summed E-state index contributed by atoms with van der Waals surface area (Å²) in [7, 11) is -0.483. The summed E-state index contributed by atoms with van der Waals surface area (Å²) in [5.74, 6) is -0.217. The molecule has 1 fully saturated rings. The predicted octanol–water partition coefficient (Wildman–Crippen LogP) is 0.912. The second-order valence-corrected chi connectivity index (χ2v) is 7.01. The Balaban J connectivity index is 2.07. The van der Waals surface area contributed by atoms with Crippen molar-refractivity contribution in [2.24, 2.45) is 5.92 Å². The Kier molecular flexibility index (Phi) is 4.42. The Hall–Kier alpha value is -1.44. The van der Waals surface area contributed by atoms with Crippen LogP contribution >= 0.6 is 0 Å². The first-order chi connectivity index (χ1) is 9.41. The van der Waals surface area contributed by atoms with Gasteiger partial charge in [0.1, 0.15) is 0 Å². The molecular formula is C13H18N2O4S. The van der Waals surface area contributed by atoms with E-state index in [0.717, 1.165) is 10.7 Å². The summed E-state index contributed by atoms with van der Waals surface area (Å²) < 4.78 is 30.1. The molecule has 6 nitrogen and oxygen atoms in total. The first-order valence-corrected chi connectivity index (χ1v) is 7.76. The number of hydrogen-bond acceptors (Lipinski definition) is 4. The fraction of sp³-hybridized carbons (Fsp3) is 0.462. The number of nitrogens with one attached hydrogen (secondary N) is 1. The van der Waals surface area contributed by atoms with Crippen LogP contribution in [0, 0.1) is 5.92 Å². The largest absolute Gasteiger partial charge is 0.381 e. The molecule has 0 aliphatic carbocycles. The average Bonchev–Trinajstić information content (AvgIpc) is 2.93. The molecule has 0 bridgehead atoms. The molecule has 0 saturated carbocycles. The number of carbonyl (C=O) groups excluding carboxylic acids is 1. The maximum absolute atomic E-state index is 11.9. The molecule has 110 valence electrons. The molecule has 7 heteroatoms. The maximum Gasteiger partial charge on any atom is 0.242 e. The minimum absolute atomic E-state index is 0.0919. The molecule has 1 unspecified atom stereocenters. The van der Waals surface area contributed by atoms with Gasteiger partial charge >= 0.3 is 0 Å². The summed E-state index contributed by atoms with van der Waals surface area (Å²) >= 11 is 0. The lowest BCUT2D eigenvalue weighted by atomic mass is 10.1. The standard InChI is InChI=1S/C13H18N2O4S/c1-15(2)20(17,18)12-5-3-11(4-6-12)14-13(16)10-7-8-19-9-10/h3-6,10H,7-9H2,1-2H3,(H,14,16). The Morgan fingerprint density at radius 1 is 1.30 bits per heavy atom. The van der Waals surface area contributed by atoms with Crippen molar-refractivity contribution in [2.45, 2.75) is 11.3 Å². The first-order valence-electron chi connectivity index (χ1n) is 6.32. The SMILES string of the molecule is CN(C)S(=O)(=O)c1ccc(NC(=O)C2CCOC2)cc1. The van der Waals surface area contributed by atoms with Gasteiger partial charge in [0.15, 0.2) is 0 Å². The topological polar surface area (TPSA) is 75.7 Å². The van der Waals surface area contributed by atoms with Gasteiger partial charge in [-0.3, -0.25) is 4.79 Å².